The Kier molecular flexibility index (Phi) is 2.18. The van der Waals surface area contributed by atoms with Crippen LogP contribution in [-0.4, -0.2) is 0 Å². The second kappa shape index (κ2) is 3.05. The molecule has 0 bridgehead atoms. The largest absolute Gasteiger partial charge is 0.0654 e. The quantitative estimate of drug-likeness (QED) is 0.594. The van der Waals surface area contributed by atoms with Crippen molar-refractivity contribution >= 4 is 0 Å². The van der Waals surface area contributed by atoms with Gasteiger partial charge in [0.25, 0.3) is 0 Å². The monoisotopic (exact) mass is 166 g/mol. The second-order valence-corrected chi connectivity index (χ2v) is 5.16. The molecule has 0 aliphatic heterocycles. The van der Waals surface area contributed by atoms with E-state index in [-0.39, 0.29) is 0 Å². The maximum atomic E-state index is 2.57. The van der Waals surface area contributed by atoms with Crippen molar-refractivity contribution in [1.29, 1.82) is 0 Å². The van der Waals surface area contributed by atoms with Gasteiger partial charge in [-0.3, -0.25) is 0 Å². The van der Waals surface area contributed by atoms with Crippen LogP contribution in [0.3, 0.4) is 0 Å². The lowest BCUT2D eigenvalue weighted by Crippen LogP contribution is -2.23. The summed E-state index contributed by atoms with van der Waals surface area (Å²) in [6.45, 7) is 4.91. The molecule has 0 heterocycles. The summed E-state index contributed by atoms with van der Waals surface area (Å²) >= 11 is 0. The highest BCUT2D eigenvalue weighted by atomic mass is 14.5. The third-order valence-electron chi connectivity index (χ3n) is 4.35. The summed E-state index contributed by atoms with van der Waals surface area (Å²) in [4.78, 5) is 0. The first-order valence-corrected chi connectivity index (χ1v) is 5.77. The van der Waals surface area contributed by atoms with Crippen LogP contribution < -0.4 is 0 Å². The van der Waals surface area contributed by atoms with Crippen molar-refractivity contribution in [3.8, 4) is 0 Å². The molecule has 2 saturated carbocycles. The summed E-state index contributed by atoms with van der Waals surface area (Å²) in [7, 11) is 0. The fourth-order valence-corrected chi connectivity index (χ4v) is 3.37. The Morgan fingerprint density at radius 1 is 1.25 bits per heavy atom. The highest BCUT2D eigenvalue weighted by Crippen LogP contribution is 2.58. The molecule has 0 radical (unpaired) electrons. The van der Waals surface area contributed by atoms with Crippen molar-refractivity contribution in [1.82, 2.24) is 0 Å². The SMILES string of the molecule is CCCC1CCCC1(C)C1CC1. The van der Waals surface area contributed by atoms with Crippen molar-refractivity contribution in [3.63, 3.8) is 0 Å². The molecule has 2 fully saturated rings. The molecule has 0 saturated heterocycles. The highest BCUT2D eigenvalue weighted by Gasteiger charge is 2.48. The average Bonchev–Trinajstić information content (AvgIpc) is 2.82. The van der Waals surface area contributed by atoms with E-state index in [0.29, 0.717) is 0 Å². The molecule has 2 aliphatic rings. The first-order valence-electron chi connectivity index (χ1n) is 5.77. The summed E-state index contributed by atoms with van der Waals surface area (Å²) in [6, 6.07) is 0. The third kappa shape index (κ3) is 1.30. The Morgan fingerprint density at radius 3 is 2.58 bits per heavy atom. The fourth-order valence-electron chi connectivity index (χ4n) is 3.37. The van der Waals surface area contributed by atoms with Crippen molar-refractivity contribution in [2.45, 2.75) is 58.8 Å². The van der Waals surface area contributed by atoms with Gasteiger partial charge in [-0.2, -0.15) is 0 Å². The standard InChI is InChI=1S/C12H22/c1-3-5-10-6-4-9-12(10,2)11-7-8-11/h10-11H,3-9H2,1-2H3. The summed E-state index contributed by atoms with van der Waals surface area (Å²) in [6.07, 6.45) is 10.5. The Balaban J connectivity index is 2.01. The molecule has 0 amide bonds. The average molecular weight is 166 g/mol. The smallest absolute Gasteiger partial charge is 0.0269 e. The fraction of sp³-hybridized carbons (Fsp3) is 1.00. The predicted octanol–water partition coefficient (Wildman–Crippen LogP) is 4.00. The van der Waals surface area contributed by atoms with Crippen LogP contribution in [0.4, 0.5) is 0 Å². The van der Waals surface area contributed by atoms with Gasteiger partial charge in [-0.05, 0) is 42.9 Å². The van der Waals surface area contributed by atoms with Crippen LogP contribution in [-0.2, 0) is 0 Å². The van der Waals surface area contributed by atoms with Gasteiger partial charge in [0, 0.05) is 0 Å². The van der Waals surface area contributed by atoms with Gasteiger partial charge in [-0.15, -0.1) is 0 Å². The molecule has 70 valence electrons. The van der Waals surface area contributed by atoms with Gasteiger partial charge in [-0.1, -0.05) is 33.1 Å². The minimum absolute atomic E-state index is 0.774. The van der Waals surface area contributed by atoms with Crippen molar-refractivity contribution in [3.05, 3.63) is 0 Å². The van der Waals surface area contributed by atoms with Crippen LogP contribution in [0.25, 0.3) is 0 Å². The van der Waals surface area contributed by atoms with E-state index >= 15 is 0 Å². The molecule has 0 N–H and O–H groups in total. The molecule has 0 aromatic carbocycles. The lowest BCUT2D eigenvalue weighted by Gasteiger charge is -2.31. The van der Waals surface area contributed by atoms with E-state index in [2.05, 4.69) is 13.8 Å². The van der Waals surface area contributed by atoms with E-state index in [1.165, 1.54) is 44.9 Å². The van der Waals surface area contributed by atoms with Gasteiger partial charge in [0.05, 0.1) is 0 Å². The number of rotatable bonds is 3. The molecule has 2 aliphatic carbocycles. The molecule has 0 heteroatoms. The van der Waals surface area contributed by atoms with Gasteiger partial charge in [0.1, 0.15) is 0 Å². The molecule has 0 spiro atoms. The van der Waals surface area contributed by atoms with E-state index in [0.717, 1.165) is 17.3 Å². The normalized spacial score (nSPS) is 42.0. The van der Waals surface area contributed by atoms with Gasteiger partial charge < -0.3 is 0 Å². The van der Waals surface area contributed by atoms with Gasteiger partial charge in [0.15, 0.2) is 0 Å². The third-order valence-corrected chi connectivity index (χ3v) is 4.35. The lowest BCUT2D eigenvalue weighted by atomic mass is 9.73. The second-order valence-electron chi connectivity index (χ2n) is 5.16. The van der Waals surface area contributed by atoms with E-state index in [4.69, 9.17) is 0 Å². The molecular weight excluding hydrogens is 144 g/mol. The zero-order chi connectivity index (χ0) is 8.60. The zero-order valence-corrected chi connectivity index (χ0v) is 8.60. The van der Waals surface area contributed by atoms with Crippen LogP contribution in [0.15, 0.2) is 0 Å². The van der Waals surface area contributed by atoms with Crippen LogP contribution in [0.5, 0.6) is 0 Å². The molecule has 0 nitrogen and oxygen atoms in total. The lowest BCUT2D eigenvalue weighted by molar-refractivity contribution is 0.178. The topological polar surface area (TPSA) is 0 Å². The minimum Gasteiger partial charge on any atom is -0.0654 e. The molecule has 12 heavy (non-hydrogen) atoms. The Bertz CT molecular complexity index is 157. The maximum Gasteiger partial charge on any atom is -0.0269 e. The molecule has 0 aromatic rings. The maximum absolute atomic E-state index is 2.57. The minimum atomic E-state index is 0.774. The highest BCUT2D eigenvalue weighted by molar-refractivity contribution is 4.98. The summed E-state index contributed by atoms with van der Waals surface area (Å²) in [5.41, 5.74) is 0.774. The summed E-state index contributed by atoms with van der Waals surface area (Å²) in [5.74, 6) is 2.20. The van der Waals surface area contributed by atoms with Gasteiger partial charge >= 0.3 is 0 Å². The van der Waals surface area contributed by atoms with E-state index in [1.807, 2.05) is 0 Å². The van der Waals surface area contributed by atoms with Crippen LogP contribution >= 0.6 is 0 Å². The predicted molar refractivity (Wildman–Crippen MR) is 53.1 cm³/mol. The first kappa shape index (κ1) is 8.59. The van der Waals surface area contributed by atoms with Gasteiger partial charge in [-0.25, -0.2) is 0 Å². The summed E-state index contributed by atoms with van der Waals surface area (Å²) in [5, 5.41) is 0. The van der Waals surface area contributed by atoms with E-state index in [1.54, 1.807) is 0 Å². The van der Waals surface area contributed by atoms with Crippen LogP contribution in [0.2, 0.25) is 0 Å². The first-order chi connectivity index (χ1) is 5.77. The van der Waals surface area contributed by atoms with Crippen LogP contribution in [0, 0.1) is 17.3 Å². The van der Waals surface area contributed by atoms with Gasteiger partial charge in [0.2, 0.25) is 0 Å². The van der Waals surface area contributed by atoms with E-state index in [9.17, 15) is 0 Å². The molecule has 2 unspecified atom stereocenters. The molecule has 2 rings (SSSR count). The Hall–Kier alpha value is 0. The number of hydrogen-bond donors (Lipinski definition) is 0. The Labute approximate surface area is 76.7 Å². The summed E-state index contributed by atoms with van der Waals surface area (Å²) < 4.78 is 0. The van der Waals surface area contributed by atoms with Crippen molar-refractivity contribution in [2.24, 2.45) is 17.3 Å². The van der Waals surface area contributed by atoms with Crippen molar-refractivity contribution < 1.29 is 0 Å². The molecule has 0 aromatic heterocycles. The Morgan fingerprint density at radius 2 is 2.00 bits per heavy atom. The van der Waals surface area contributed by atoms with Crippen LogP contribution in [0.1, 0.15) is 58.8 Å². The van der Waals surface area contributed by atoms with Crippen molar-refractivity contribution in [2.75, 3.05) is 0 Å². The molecular formula is C12H22. The molecule has 2 atom stereocenters. The number of hydrogen-bond acceptors (Lipinski definition) is 0. The zero-order valence-electron chi connectivity index (χ0n) is 8.60. The van der Waals surface area contributed by atoms with E-state index < -0.39 is 0 Å².